The molecule has 0 amide bonds. The van der Waals surface area contributed by atoms with Gasteiger partial charge >= 0.3 is 5.82 Å². The van der Waals surface area contributed by atoms with E-state index < -0.39 is 4.92 Å². The molecule has 0 atom stereocenters. The molecule has 0 fully saturated rings. The third-order valence-corrected chi connectivity index (χ3v) is 2.64. The van der Waals surface area contributed by atoms with Crippen molar-refractivity contribution in [2.45, 2.75) is 6.61 Å². The molecule has 1 heterocycles. The Hall–Kier alpha value is -1.95. The van der Waals surface area contributed by atoms with Crippen molar-refractivity contribution in [2.24, 2.45) is 0 Å². The normalized spacial score (nSPS) is 10.1. The lowest BCUT2D eigenvalue weighted by Gasteiger charge is -2.06. The number of halogens is 1. The Kier molecular flexibility index (Phi) is 3.88. The Balaban J connectivity index is 2.18. The highest BCUT2D eigenvalue weighted by Gasteiger charge is 2.17. The molecule has 0 saturated heterocycles. The lowest BCUT2D eigenvalue weighted by molar-refractivity contribution is -0.390. The van der Waals surface area contributed by atoms with Crippen LogP contribution in [-0.4, -0.2) is 9.91 Å². The van der Waals surface area contributed by atoms with Crippen molar-refractivity contribution in [3.8, 4) is 5.75 Å². The third kappa shape index (κ3) is 3.04. The molecule has 0 unspecified atom stereocenters. The molecular weight excluding hydrogens is 300 g/mol. The molecule has 0 aliphatic carbocycles. The van der Waals surface area contributed by atoms with E-state index in [1.54, 1.807) is 0 Å². The fourth-order valence-electron chi connectivity index (χ4n) is 1.39. The van der Waals surface area contributed by atoms with Crippen molar-refractivity contribution >= 4 is 21.7 Å². The first-order valence-corrected chi connectivity index (χ1v) is 5.93. The maximum atomic E-state index is 10.8. The zero-order chi connectivity index (χ0) is 13.0. The standard InChI is InChI=1S/C12H9BrN2O3/c13-10-6-11(12(14-7-10)15(16)17)18-8-9-4-2-1-3-5-9/h1-7H,8H2. The molecule has 2 rings (SSSR count). The Bertz CT molecular complexity index is 561. The Morgan fingerprint density at radius 1 is 1.33 bits per heavy atom. The summed E-state index contributed by atoms with van der Waals surface area (Å²) in [6.45, 7) is 0.264. The summed E-state index contributed by atoms with van der Waals surface area (Å²) < 4.78 is 6.07. The van der Waals surface area contributed by atoms with Gasteiger partial charge in [-0.3, -0.25) is 0 Å². The lowest BCUT2D eigenvalue weighted by atomic mass is 10.2. The average Bonchev–Trinajstić information content (AvgIpc) is 2.37. The van der Waals surface area contributed by atoms with Gasteiger partial charge in [-0.05, 0) is 31.4 Å². The number of hydrogen-bond donors (Lipinski definition) is 0. The molecule has 18 heavy (non-hydrogen) atoms. The number of rotatable bonds is 4. The van der Waals surface area contributed by atoms with E-state index in [0.29, 0.717) is 4.47 Å². The van der Waals surface area contributed by atoms with E-state index in [0.717, 1.165) is 5.56 Å². The van der Waals surface area contributed by atoms with Crippen LogP contribution in [-0.2, 0) is 6.61 Å². The molecule has 92 valence electrons. The van der Waals surface area contributed by atoms with Crippen LogP contribution in [0.1, 0.15) is 5.56 Å². The maximum absolute atomic E-state index is 10.8. The van der Waals surface area contributed by atoms with Crippen molar-refractivity contribution in [3.05, 3.63) is 62.7 Å². The van der Waals surface area contributed by atoms with Crippen LogP contribution in [0.25, 0.3) is 0 Å². The van der Waals surface area contributed by atoms with Crippen molar-refractivity contribution in [2.75, 3.05) is 0 Å². The molecule has 0 bridgehead atoms. The van der Waals surface area contributed by atoms with Crippen LogP contribution in [0, 0.1) is 10.1 Å². The molecule has 1 aromatic heterocycles. The number of aromatic nitrogens is 1. The molecule has 0 aliphatic rings. The van der Waals surface area contributed by atoms with Gasteiger partial charge in [0.15, 0.2) is 6.20 Å². The smallest absolute Gasteiger partial charge is 0.406 e. The first-order valence-electron chi connectivity index (χ1n) is 5.13. The summed E-state index contributed by atoms with van der Waals surface area (Å²) in [6.07, 6.45) is 1.37. The molecule has 1 aromatic carbocycles. The van der Waals surface area contributed by atoms with Gasteiger partial charge in [-0.1, -0.05) is 30.3 Å². The van der Waals surface area contributed by atoms with Crippen molar-refractivity contribution in [1.29, 1.82) is 0 Å². The SMILES string of the molecule is O=[N+]([O-])c1ncc(Br)cc1OCc1ccccc1. The van der Waals surface area contributed by atoms with Crippen LogP contribution >= 0.6 is 15.9 Å². The van der Waals surface area contributed by atoms with E-state index in [1.807, 2.05) is 30.3 Å². The molecule has 6 heteroatoms. The minimum absolute atomic E-state index is 0.151. The Morgan fingerprint density at radius 3 is 2.72 bits per heavy atom. The number of nitrogens with zero attached hydrogens (tertiary/aromatic N) is 2. The van der Waals surface area contributed by atoms with Gasteiger partial charge in [-0.25, -0.2) is 0 Å². The summed E-state index contributed by atoms with van der Waals surface area (Å²) in [5, 5.41) is 10.8. The molecule has 0 spiro atoms. The summed E-state index contributed by atoms with van der Waals surface area (Å²) in [5.74, 6) is -0.132. The summed E-state index contributed by atoms with van der Waals surface area (Å²) in [5.41, 5.74) is 0.937. The number of ether oxygens (including phenoxy) is 1. The van der Waals surface area contributed by atoms with Gasteiger partial charge in [0, 0.05) is 6.07 Å². The fraction of sp³-hybridized carbons (Fsp3) is 0.0833. The highest BCUT2D eigenvalue weighted by molar-refractivity contribution is 9.10. The highest BCUT2D eigenvalue weighted by atomic mass is 79.9. The minimum Gasteiger partial charge on any atom is -0.481 e. The summed E-state index contributed by atoms with van der Waals surface area (Å²) >= 11 is 3.21. The van der Waals surface area contributed by atoms with Crippen LogP contribution < -0.4 is 4.74 Å². The number of hydrogen-bond acceptors (Lipinski definition) is 4. The van der Waals surface area contributed by atoms with Crippen LogP contribution in [0.4, 0.5) is 5.82 Å². The lowest BCUT2D eigenvalue weighted by Crippen LogP contribution is -2.00. The van der Waals surface area contributed by atoms with E-state index in [1.165, 1.54) is 12.3 Å². The van der Waals surface area contributed by atoms with E-state index in [4.69, 9.17) is 4.74 Å². The van der Waals surface area contributed by atoms with E-state index in [-0.39, 0.29) is 18.2 Å². The van der Waals surface area contributed by atoms with Crippen LogP contribution in [0.15, 0.2) is 47.1 Å². The summed E-state index contributed by atoms with van der Waals surface area (Å²) in [4.78, 5) is 13.9. The number of pyridine rings is 1. The fourth-order valence-corrected chi connectivity index (χ4v) is 1.70. The summed E-state index contributed by atoms with van der Waals surface area (Å²) in [6, 6.07) is 11.0. The highest BCUT2D eigenvalue weighted by Crippen LogP contribution is 2.28. The van der Waals surface area contributed by atoms with Gasteiger partial charge in [0.1, 0.15) is 6.61 Å². The molecule has 0 saturated carbocycles. The monoisotopic (exact) mass is 308 g/mol. The molecular formula is C12H9BrN2O3. The Labute approximate surface area is 112 Å². The van der Waals surface area contributed by atoms with Crippen LogP contribution in [0.3, 0.4) is 0 Å². The average molecular weight is 309 g/mol. The van der Waals surface area contributed by atoms with Gasteiger partial charge in [0.25, 0.3) is 0 Å². The predicted molar refractivity (Wildman–Crippen MR) is 69.4 cm³/mol. The predicted octanol–water partition coefficient (Wildman–Crippen LogP) is 3.33. The first-order chi connectivity index (χ1) is 8.66. The zero-order valence-electron chi connectivity index (χ0n) is 9.25. The molecule has 2 aromatic rings. The van der Waals surface area contributed by atoms with Crippen LogP contribution in [0.5, 0.6) is 5.75 Å². The van der Waals surface area contributed by atoms with Gasteiger partial charge in [-0.2, -0.15) is 0 Å². The Morgan fingerprint density at radius 2 is 2.06 bits per heavy atom. The largest absolute Gasteiger partial charge is 0.481 e. The molecule has 0 aliphatic heterocycles. The van der Waals surface area contributed by atoms with Crippen LogP contribution in [0.2, 0.25) is 0 Å². The van der Waals surface area contributed by atoms with E-state index in [2.05, 4.69) is 20.9 Å². The summed E-state index contributed by atoms with van der Waals surface area (Å²) in [7, 11) is 0. The number of nitro groups is 1. The van der Waals surface area contributed by atoms with Gasteiger partial charge in [-0.15, -0.1) is 0 Å². The number of benzene rings is 1. The molecule has 0 N–H and O–H groups in total. The van der Waals surface area contributed by atoms with Crippen molar-refractivity contribution in [1.82, 2.24) is 4.98 Å². The second-order valence-electron chi connectivity index (χ2n) is 3.51. The van der Waals surface area contributed by atoms with Gasteiger partial charge < -0.3 is 14.9 Å². The topological polar surface area (TPSA) is 65.3 Å². The minimum atomic E-state index is -0.563. The van der Waals surface area contributed by atoms with E-state index in [9.17, 15) is 10.1 Å². The van der Waals surface area contributed by atoms with E-state index >= 15 is 0 Å². The second kappa shape index (κ2) is 5.59. The van der Waals surface area contributed by atoms with Crippen molar-refractivity contribution < 1.29 is 9.66 Å². The third-order valence-electron chi connectivity index (χ3n) is 2.21. The second-order valence-corrected chi connectivity index (χ2v) is 4.42. The quantitative estimate of drug-likeness (QED) is 0.642. The molecule has 5 nitrogen and oxygen atoms in total. The van der Waals surface area contributed by atoms with Gasteiger partial charge in [0.05, 0.1) is 4.47 Å². The zero-order valence-corrected chi connectivity index (χ0v) is 10.8. The first kappa shape index (κ1) is 12.5. The van der Waals surface area contributed by atoms with Gasteiger partial charge in [0.2, 0.25) is 5.75 Å². The van der Waals surface area contributed by atoms with Crippen molar-refractivity contribution in [3.63, 3.8) is 0 Å². The maximum Gasteiger partial charge on any atom is 0.406 e. The molecule has 0 radical (unpaired) electrons.